The molecule has 0 aliphatic carbocycles. The summed E-state index contributed by atoms with van der Waals surface area (Å²) in [7, 11) is 0. The fourth-order valence-electron chi connectivity index (χ4n) is 3.43. The Morgan fingerprint density at radius 2 is 1.48 bits per heavy atom. The third-order valence-corrected chi connectivity index (χ3v) is 4.61. The van der Waals surface area contributed by atoms with Crippen LogP contribution >= 0.6 is 0 Å². The Morgan fingerprint density at radius 1 is 0.870 bits per heavy atom. The first-order valence-corrected chi connectivity index (χ1v) is 8.52. The summed E-state index contributed by atoms with van der Waals surface area (Å²) in [5.74, 6) is 0.137. The largest absolute Gasteiger partial charge is 0.375 e. The maximum Gasteiger partial charge on any atom is 0.123 e. The molecule has 23 heavy (non-hydrogen) atoms. The number of ether oxygens (including phenoxy) is 1. The van der Waals surface area contributed by atoms with E-state index in [1.165, 1.54) is 11.1 Å². The molecule has 0 radical (unpaired) electrons. The summed E-state index contributed by atoms with van der Waals surface area (Å²) in [6.45, 7) is 0. The monoisotopic (exact) mass is 308 g/mol. The summed E-state index contributed by atoms with van der Waals surface area (Å²) in [5, 5.41) is 0. The molecule has 1 saturated heterocycles. The van der Waals surface area contributed by atoms with Crippen LogP contribution in [0.2, 0.25) is 0 Å². The van der Waals surface area contributed by atoms with Gasteiger partial charge < -0.3 is 9.53 Å². The van der Waals surface area contributed by atoms with Gasteiger partial charge >= 0.3 is 0 Å². The molecule has 0 N–H and O–H groups in total. The molecule has 2 aromatic rings. The number of rotatable bonds is 6. The molecule has 0 spiro atoms. The molecule has 3 atom stereocenters. The standard InChI is InChI=1S/C21H24O2/c22-16-19-14-20(12-11-17-7-3-1-4-8-17)23-21(15-19)13-18-9-5-2-6-10-18/h1-10,16,19-21H,11-15H2/t19?,20-,21+/m1/s1. The second-order valence-electron chi connectivity index (χ2n) is 6.46. The van der Waals surface area contributed by atoms with Crippen molar-refractivity contribution < 1.29 is 9.53 Å². The van der Waals surface area contributed by atoms with E-state index in [0.717, 1.165) is 38.4 Å². The lowest BCUT2D eigenvalue weighted by Gasteiger charge is -2.33. The van der Waals surface area contributed by atoms with Crippen molar-refractivity contribution in [3.8, 4) is 0 Å². The molecular formula is C21H24O2. The summed E-state index contributed by atoms with van der Waals surface area (Å²) in [4.78, 5) is 11.3. The normalized spacial score (nSPS) is 24.3. The highest BCUT2D eigenvalue weighted by Crippen LogP contribution is 2.28. The Labute approximate surface area is 138 Å². The van der Waals surface area contributed by atoms with E-state index in [9.17, 15) is 4.79 Å². The van der Waals surface area contributed by atoms with Gasteiger partial charge in [0, 0.05) is 5.92 Å². The highest BCUT2D eigenvalue weighted by atomic mass is 16.5. The van der Waals surface area contributed by atoms with Crippen LogP contribution in [0.4, 0.5) is 0 Å². The third kappa shape index (κ3) is 4.77. The maximum atomic E-state index is 11.3. The molecule has 1 aliphatic heterocycles. The van der Waals surface area contributed by atoms with Crippen molar-refractivity contribution in [2.45, 2.75) is 44.3 Å². The van der Waals surface area contributed by atoms with Gasteiger partial charge in [0.15, 0.2) is 0 Å². The van der Waals surface area contributed by atoms with Gasteiger partial charge in [0.25, 0.3) is 0 Å². The van der Waals surface area contributed by atoms with Crippen LogP contribution in [0.1, 0.15) is 30.4 Å². The Balaban J connectivity index is 1.58. The molecule has 1 unspecified atom stereocenters. The minimum atomic E-state index is 0.137. The zero-order chi connectivity index (χ0) is 15.9. The van der Waals surface area contributed by atoms with Crippen LogP contribution in [0, 0.1) is 5.92 Å². The first-order valence-electron chi connectivity index (χ1n) is 8.52. The maximum absolute atomic E-state index is 11.3. The van der Waals surface area contributed by atoms with Crippen LogP contribution in [-0.2, 0) is 22.4 Å². The summed E-state index contributed by atoms with van der Waals surface area (Å²) >= 11 is 0. The molecule has 0 saturated carbocycles. The Bertz CT molecular complexity index is 594. The average Bonchev–Trinajstić information content (AvgIpc) is 2.61. The van der Waals surface area contributed by atoms with Crippen LogP contribution in [0.5, 0.6) is 0 Å². The predicted octanol–water partition coefficient (Wildman–Crippen LogP) is 4.22. The Morgan fingerprint density at radius 3 is 2.13 bits per heavy atom. The van der Waals surface area contributed by atoms with Crippen molar-refractivity contribution in [3.63, 3.8) is 0 Å². The smallest absolute Gasteiger partial charge is 0.123 e. The molecular weight excluding hydrogens is 284 g/mol. The molecule has 0 bridgehead atoms. The third-order valence-electron chi connectivity index (χ3n) is 4.61. The molecule has 2 heteroatoms. The van der Waals surface area contributed by atoms with E-state index in [4.69, 9.17) is 4.74 Å². The highest BCUT2D eigenvalue weighted by Gasteiger charge is 2.29. The SMILES string of the molecule is O=CC1C[C@@H](CCc2ccccc2)O[C@@H](Cc2ccccc2)C1. The number of carbonyl (C=O) groups is 1. The summed E-state index contributed by atoms with van der Waals surface area (Å²) in [6.07, 6.45) is 6.06. The first-order chi connectivity index (χ1) is 11.3. The van der Waals surface area contributed by atoms with E-state index in [0.29, 0.717) is 0 Å². The number of aryl methyl sites for hydroxylation is 1. The molecule has 2 nitrogen and oxygen atoms in total. The molecule has 2 aromatic carbocycles. The number of hydrogen-bond donors (Lipinski definition) is 0. The van der Waals surface area contributed by atoms with E-state index in [2.05, 4.69) is 48.5 Å². The zero-order valence-corrected chi connectivity index (χ0v) is 13.4. The van der Waals surface area contributed by atoms with Crippen LogP contribution in [-0.4, -0.2) is 18.5 Å². The van der Waals surface area contributed by atoms with Gasteiger partial charge in [0.05, 0.1) is 12.2 Å². The second kappa shape index (κ2) is 8.07. The average molecular weight is 308 g/mol. The van der Waals surface area contributed by atoms with Gasteiger partial charge in [0.1, 0.15) is 6.29 Å². The van der Waals surface area contributed by atoms with Gasteiger partial charge in [-0.15, -0.1) is 0 Å². The van der Waals surface area contributed by atoms with Gasteiger partial charge in [-0.25, -0.2) is 0 Å². The van der Waals surface area contributed by atoms with Gasteiger partial charge in [-0.05, 0) is 43.2 Å². The van der Waals surface area contributed by atoms with Crippen molar-refractivity contribution >= 4 is 6.29 Å². The summed E-state index contributed by atoms with van der Waals surface area (Å²) in [6, 6.07) is 20.9. The second-order valence-corrected chi connectivity index (χ2v) is 6.46. The van der Waals surface area contributed by atoms with Gasteiger partial charge in [-0.3, -0.25) is 0 Å². The van der Waals surface area contributed by atoms with Crippen molar-refractivity contribution in [3.05, 3.63) is 71.8 Å². The lowest BCUT2D eigenvalue weighted by molar-refractivity contribution is -0.121. The number of benzene rings is 2. The fourth-order valence-corrected chi connectivity index (χ4v) is 3.43. The first kappa shape index (κ1) is 15.9. The van der Waals surface area contributed by atoms with Crippen molar-refractivity contribution in [2.24, 2.45) is 5.92 Å². The van der Waals surface area contributed by atoms with Crippen molar-refractivity contribution in [2.75, 3.05) is 0 Å². The lowest BCUT2D eigenvalue weighted by Crippen LogP contribution is -2.35. The van der Waals surface area contributed by atoms with Crippen molar-refractivity contribution in [1.29, 1.82) is 0 Å². The Hall–Kier alpha value is -1.93. The predicted molar refractivity (Wildman–Crippen MR) is 92.4 cm³/mol. The number of aldehydes is 1. The van der Waals surface area contributed by atoms with E-state index >= 15 is 0 Å². The summed E-state index contributed by atoms with van der Waals surface area (Å²) in [5.41, 5.74) is 2.62. The molecule has 1 fully saturated rings. The number of hydrogen-bond acceptors (Lipinski definition) is 2. The van der Waals surface area contributed by atoms with Crippen molar-refractivity contribution in [1.82, 2.24) is 0 Å². The minimum Gasteiger partial charge on any atom is -0.375 e. The molecule has 0 aromatic heterocycles. The highest BCUT2D eigenvalue weighted by molar-refractivity contribution is 5.53. The molecule has 120 valence electrons. The van der Waals surface area contributed by atoms with E-state index < -0.39 is 0 Å². The van der Waals surface area contributed by atoms with Crippen LogP contribution < -0.4 is 0 Å². The minimum absolute atomic E-state index is 0.137. The Kier molecular flexibility index (Phi) is 5.60. The number of carbonyl (C=O) groups excluding carboxylic acids is 1. The van der Waals surface area contributed by atoms with Crippen LogP contribution in [0.25, 0.3) is 0 Å². The quantitative estimate of drug-likeness (QED) is 0.747. The molecule has 1 heterocycles. The topological polar surface area (TPSA) is 26.3 Å². The van der Waals surface area contributed by atoms with Crippen LogP contribution in [0.15, 0.2) is 60.7 Å². The summed E-state index contributed by atoms with van der Waals surface area (Å²) < 4.78 is 6.29. The molecule has 1 aliphatic rings. The van der Waals surface area contributed by atoms with Gasteiger partial charge in [-0.2, -0.15) is 0 Å². The lowest BCUT2D eigenvalue weighted by atomic mass is 9.88. The fraction of sp³-hybridized carbons (Fsp3) is 0.381. The van der Waals surface area contributed by atoms with E-state index in [1.54, 1.807) is 0 Å². The van der Waals surface area contributed by atoms with Gasteiger partial charge in [-0.1, -0.05) is 60.7 Å². The van der Waals surface area contributed by atoms with E-state index in [-0.39, 0.29) is 18.1 Å². The van der Waals surface area contributed by atoms with Gasteiger partial charge in [0.2, 0.25) is 0 Å². The zero-order valence-electron chi connectivity index (χ0n) is 13.4. The van der Waals surface area contributed by atoms with E-state index in [1.807, 2.05) is 12.1 Å². The molecule has 3 rings (SSSR count). The molecule has 0 amide bonds. The van der Waals surface area contributed by atoms with Crippen LogP contribution in [0.3, 0.4) is 0 Å².